The van der Waals surface area contributed by atoms with Gasteiger partial charge in [-0.05, 0) is 26.7 Å². The van der Waals surface area contributed by atoms with Gasteiger partial charge in [0.2, 0.25) is 0 Å². The molecule has 0 bridgehead atoms. The van der Waals surface area contributed by atoms with Gasteiger partial charge in [-0.1, -0.05) is 13.8 Å². The molecule has 0 N–H and O–H groups in total. The largest absolute Gasteiger partial charge is 0.377 e. The summed E-state index contributed by atoms with van der Waals surface area (Å²) in [6, 6.07) is 0. The molecule has 0 aromatic rings. The van der Waals surface area contributed by atoms with Crippen molar-refractivity contribution in [1.29, 1.82) is 0 Å². The molecule has 0 spiro atoms. The fraction of sp³-hybridized carbons (Fsp3) is 0.875. The second-order valence-electron chi connectivity index (χ2n) is 3.23. The molecule has 1 radical (unpaired) electrons. The van der Waals surface area contributed by atoms with Gasteiger partial charge in [-0.15, -0.1) is 0 Å². The normalized spacial score (nSPS) is 20.4. The van der Waals surface area contributed by atoms with Crippen molar-refractivity contribution in [2.45, 2.75) is 45.4 Å². The Kier molecular flexibility index (Phi) is 4.21. The van der Waals surface area contributed by atoms with Crippen molar-refractivity contribution in [3.8, 4) is 0 Å². The molecular formula is C8H19OSi. The molecule has 1 nitrogen and oxygen atoms in total. The molecule has 0 aromatic heterocycles. The molecule has 0 heterocycles. The summed E-state index contributed by atoms with van der Waals surface area (Å²) in [5, 5.41) is 0.0788. The summed E-state index contributed by atoms with van der Waals surface area (Å²) >= 11 is 0. The van der Waals surface area contributed by atoms with Crippen LogP contribution in [-0.4, -0.2) is 21.6 Å². The second-order valence-corrected chi connectivity index (χ2v) is 5.21. The maximum Gasteiger partial charge on any atom is 0.0547 e. The summed E-state index contributed by atoms with van der Waals surface area (Å²) in [5.74, 6) is 0. The third-order valence-corrected chi connectivity index (χ3v) is 2.59. The first-order valence-corrected chi connectivity index (χ1v) is 5.00. The lowest BCUT2D eigenvalue weighted by Crippen LogP contribution is -2.32. The van der Waals surface area contributed by atoms with E-state index in [0.29, 0.717) is 6.10 Å². The zero-order valence-corrected chi connectivity index (χ0v) is 9.77. The van der Waals surface area contributed by atoms with E-state index in [2.05, 4.69) is 34.1 Å². The van der Waals surface area contributed by atoms with Crippen molar-refractivity contribution >= 4 is 10.2 Å². The van der Waals surface area contributed by atoms with Crippen LogP contribution < -0.4 is 0 Å². The van der Waals surface area contributed by atoms with E-state index >= 15 is 0 Å². The average Bonchev–Trinajstić information content (AvgIpc) is 1.87. The number of ether oxygens (including phenoxy) is 1. The quantitative estimate of drug-likeness (QED) is 0.558. The highest BCUT2D eigenvalue weighted by Crippen LogP contribution is 2.12. The molecular weight excluding hydrogens is 140 g/mol. The van der Waals surface area contributed by atoms with Gasteiger partial charge in [0, 0.05) is 15.5 Å². The van der Waals surface area contributed by atoms with Gasteiger partial charge in [0.15, 0.2) is 0 Å². The van der Waals surface area contributed by atoms with Crippen molar-refractivity contribution in [3.63, 3.8) is 0 Å². The number of hydrogen-bond donors (Lipinski definition) is 0. The van der Waals surface area contributed by atoms with Gasteiger partial charge in [-0.25, -0.2) is 0 Å². The first-order chi connectivity index (χ1) is 4.52. The fourth-order valence-corrected chi connectivity index (χ4v) is 1.07. The molecule has 0 amide bonds. The summed E-state index contributed by atoms with van der Waals surface area (Å²) < 4.78 is 5.74. The SMILES string of the molecule is C[CH]C(C)([SiH3])OC(C)CC. The standard InChI is InChI=1S/C8H19OSi/c1-5-7(3)9-8(4,10)6-2/h6-7H,5H2,1-4,10H3. The Morgan fingerprint density at radius 3 is 2.50 bits per heavy atom. The van der Waals surface area contributed by atoms with Gasteiger partial charge in [-0.2, -0.15) is 0 Å². The molecule has 0 aliphatic heterocycles. The van der Waals surface area contributed by atoms with E-state index in [9.17, 15) is 0 Å². The molecule has 0 aliphatic rings. The van der Waals surface area contributed by atoms with Gasteiger partial charge in [0.05, 0.1) is 6.10 Å². The lowest BCUT2D eigenvalue weighted by atomic mass is 10.2. The molecule has 10 heavy (non-hydrogen) atoms. The summed E-state index contributed by atoms with van der Waals surface area (Å²) in [7, 11) is 1.07. The number of hydrogen-bond acceptors (Lipinski definition) is 1. The van der Waals surface area contributed by atoms with E-state index in [0.717, 1.165) is 16.7 Å². The molecule has 2 atom stereocenters. The van der Waals surface area contributed by atoms with Crippen LogP contribution in [0, 0.1) is 6.42 Å². The predicted molar refractivity (Wildman–Crippen MR) is 49.2 cm³/mol. The third-order valence-electron chi connectivity index (χ3n) is 1.78. The van der Waals surface area contributed by atoms with Crippen LogP contribution in [0.4, 0.5) is 0 Å². The lowest BCUT2D eigenvalue weighted by molar-refractivity contribution is -0.00300. The summed E-state index contributed by atoms with van der Waals surface area (Å²) in [6.45, 7) is 8.48. The first-order valence-electron chi connectivity index (χ1n) is 4.00. The van der Waals surface area contributed by atoms with Gasteiger partial charge in [0.25, 0.3) is 0 Å². The topological polar surface area (TPSA) is 9.23 Å². The first kappa shape index (κ1) is 10.2. The maximum absolute atomic E-state index is 5.74. The fourth-order valence-electron chi connectivity index (χ4n) is 0.670. The summed E-state index contributed by atoms with van der Waals surface area (Å²) in [6.07, 6.45) is 3.65. The highest BCUT2D eigenvalue weighted by Gasteiger charge is 2.17. The van der Waals surface area contributed by atoms with E-state index in [4.69, 9.17) is 4.74 Å². The smallest absolute Gasteiger partial charge is 0.0547 e. The Bertz CT molecular complexity index is 91.3. The molecule has 2 unspecified atom stereocenters. The summed E-state index contributed by atoms with van der Waals surface area (Å²) in [4.78, 5) is 0. The maximum atomic E-state index is 5.74. The van der Waals surface area contributed by atoms with Gasteiger partial charge >= 0.3 is 0 Å². The zero-order chi connectivity index (χ0) is 8.20. The highest BCUT2D eigenvalue weighted by molar-refractivity contribution is 6.15. The Morgan fingerprint density at radius 1 is 1.70 bits per heavy atom. The van der Waals surface area contributed by atoms with Crippen LogP contribution in [0.3, 0.4) is 0 Å². The van der Waals surface area contributed by atoms with Crippen LogP contribution in [0.2, 0.25) is 0 Å². The Morgan fingerprint density at radius 2 is 2.20 bits per heavy atom. The molecule has 0 saturated heterocycles. The minimum absolute atomic E-state index is 0.0788. The van der Waals surface area contributed by atoms with Crippen molar-refractivity contribution in [3.05, 3.63) is 6.42 Å². The van der Waals surface area contributed by atoms with E-state index in [1.807, 2.05) is 0 Å². The minimum Gasteiger partial charge on any atom is -0.377 e. The van der Waals surface area contributed by atoms with Crippen LogP contribution in [0.15, 0.2) is 0 Å². The van der Waals surface area contributed by atoms with Gasteiger partial charge in [0.1, 0.15) is 0 Å². The average molecular weight is 159 g/mol. The second kappa shape index (κ2) is 4.14. The molecule has 0 saturated carbocycles. The Labute approximate surface area is 67.6 Å². The summed E-state index contributed by atoms with van der Waals surface area (Å²) in [5.41, 5.74) is 0. The van der Waals surface area contributed by atoms with Gasteiger partial charge < -0.3 is 4.74 Å². The van der Waals surface area contributed by atoms with E-state index < -0.39 is 0 Å². The third kappa shape index (κ3) is 4.07. The van der Waals surface area contributed by atoms with Crippen LogP contribution in [0.25, 0.3) is 0 Å². The Balaban J connectivity index is 3.64. The molecule has 2 heteroatoms. The van der Waals surface area contributed by atoms with Crippen molar-refractivity contribution in [2.75, 3.05) is 0 Å². The molecule has 0 aliphatic carbocycles. The molecule has 0 aromatic carbocycles. The molecule has 0 rings (SSSR count). The van der Waals surface area contributed by atoms with Crippen LogP contribution >= 0.6 is 0 Å². The van der Waals surface area contributed by atoms with Crippen molar-refractivity contribution in [2.24, 2.45) is 0 Å². The number of rotatable bonds is 4. The lowest BCUT2D eigenvalue weighted by Gasteiger charge is -2.27. The van der Waals surface area contributed by atoms with Crippen LogP contribution in [0.1, 0.15) is 34.1 Å². The Hall–Kier alpha value is 0.177. The molecule has 61 valence electrons. The predicted octanol–water partition coefficient (Wildman–Crippen LogP) is 1.11. The van der Waals surface area contributed by atoms with Gasteiger partial charge in [-0.3, -0.25) is 0 Å². The monoisotopic (exact) mass is 159 g/mol. The van der Waals surface area contributed by atoms with E-state index in [1.165, 1.54) is 0 Å². The van der Waals surface area contributed by atoms with Crippen molar-refractivity contribution < 1.29 is 4.74 Å². The van der Waals surface area contributed by atoms with Crippen LogP contribution in [-0.2, 0) is 4.74 Å². The van der Waals surface area contributed by atoms with Crippen LogP contribution in [0.5, 0.6) is 0 Å². The van der Waals surface area contributed by atoms with E-state index in [-0.39, 0.29) is 5.22 Å². The zero-order valence-electron chi connectivity index (χ0n) is 7.77. The van der Waals surface area contributed by atoms with Crippen molar-refractivity contribution in [1.82, 2.24) is 0 Å². The minimum atomic E-state index is 0.0788. The molecule has 0 fully saturated rings. The highest BCUT2D eigenvalue weighted by atomic mass is 28.1. The van der Waals surface area contributed by atoms with E-state index in [1.54, 1.807) is 0 Å².